The van der Waals surface area contributed by atoms with Crippen LogP contribution in [0.1, 0.15) is 12.5 Å². The molecule has 84 valence electrons. The largest absolute Gasteiger partial charge is 0.491 e. The zero-order valence-electron chi connectivity index (χ0n) is 8.63. The lowest BCUT2D eigenvalue weighted by Crippen LogP contribution is -2.07. The molecule has 15 heavy (non-hydrogen) atoms. The minimum absolute atomic E-state index is 0.393. The number of alkyl halides is 1. The fourth-order valence-corrected chi connectivity index (χ4v) is 1.55. The minimum Gasteiger partial charge on any atom is -0.491 e. The fraction of sp³-hybridized carbons (Fsp3) is 0.455. The molecule has 0 aliphatic rings. The molecule has 1 aromatic carbocycles. The highest BCUT2D eigenvalue weighted by Crippen LogP contribution is 2.24. The van der Waals surface area contributed by atoms with E-state index in [1.165, 1.54) is 0 Å². The van der Waals surface area contributed by atoms with Crippen LogP contribution in [0.3, 0.4) is 0 Å². The van der Waals surface area contributed by atoms with Crippen molar-refractivity contribution in [2.75, 3.05) is 19.8 Å². The van der Waals surface area contributed by atoms with Crippen LogP contribution >= 0.6 is 23.2 Å². The Labute approximate surface area is 100 Å². The molecule has 1 rings (SSSR count). The van der Waals surface area contributed by atoms with E-state index in [0.29, 0.717) is 30.7 Å². The zero-order chi connectivity index (χ0) is 11.1. The van der Waals surface area contributed by atoms with Crippen LogP contribution in [-0.2, 0) is 10.6 Å². The molecular formula is C11H14Cl2O2. The first-order valence-corrected chi connectivity index (χ1v) is 5.74. The minimum atomic E-state index is 0.393. The Morgan fingerprint density at radius 2 is 2.07 bits per heavy atom. The summed E-state index contributed by atoms with van der Waals surface area (Å²) in [5.74, 6) is 1.17. The SMILES string of the molecule is CCOCCOc1ccc(Cl)cc1CCl. The average Bonchev–Trinajstić information content (AvgIpc) is 2.26. The van der Waals surface area contributed by atoms with E-state index in [-0.39, 0.29) is 0 Å². The molecule has 0 radical (unpaired) electrons. The number of ether oxygens (including phenoxy) is 2. The molecule has 0 saturated heterocycles. The fourth-order valence-electron chi connectivity index (χ4n) is 1.15. The molecule has 0 N–H and O–H groups in total. The highest BCUT2D eigenvalue weighted by atomic mass is 35.5. The molecule has 1 aromatic rings. The molecule has 0 aliphatic heterocycles. The van der Waals surface area contributed by atoms with E-state index < -0.39 is 0 Å². The summed E-state index contributed by atoms with van der Waals surface area (Å²) in [7, 11) is 0. The van der Waals surface area contributed by atoms with Gasteiger partial charge in [0.1, 0.15) is 12.4 Å². The second kappa shape index (κ2) is 6.94. The van der Waals surface area contributed by atoms with E-state index in [4.69, 9.17) is 32.7 Å². The highest BCUT2D eigenvalue weighted by Gasteiger charge is 2.03. The monoisotopic (exact) mass is 248 g/mol. The van der Waals surface area contributed by atoms with Crippen molar-refractivity contribution >= 4 is 23.2 Å². The van der Waals surface area contributed by atoms with Crippen molar-refractivity contribution in [3.8, 4) is 5.75 Å². The van der Waals surface area contributed by atoms with Gasteiger partial charge in [0.15, 0.2) is 0 Å². The Bertz CT molecular complexity index is 303. The molecule has 0 aliphatic carbocycles. The molecular weight excluding hydrogens is 235 g/mol. The lowest BCUT2D eigenvalue weighted by atomic mass is 10.2. The molecule has 0 saturated carbocycles. The van der Waals surface area contributed by atoms with E-state index >= 15 is 0 Å². The van der Waals surface area contributed by atoms with Gasteiger partial charge in [0.2, 0.25) is 0 Å². The van der Waals surface area contributed by atoms with Crippen LogP contribution in [0.15, 0.2) is 18.2 Å². The average molecular weight is 249 g/mol. The molecule has 0 spiro atoms. The van der Waals surface area contributed by atoms with Crippen LogP contribution in [0, 0.1) is 0 Å². The van der Waals surface area contributed by atoms with E-state index in [1.807, 2.05) is 19.1 Å². The molecule has 2 nitrogen and oxygen atoms in total. The van der Waals surface area contributed by atoms with Crippen molar-refractivity contribution in [3.05, 3.63) is 28.8 Å². The Kier molecular flexibility index (Phi) is 5.84. The third kappa shape index (κ3) is 4.29. The van der Waals surface area contributed by atoms with Gasteiger partial charge < -0.3 is 9.47 Å². The van der Waals surface area contributed by atoms with E-state index in [9.17, 15) is 0 Å². The Morgan fingerprint density at radius 3 is 2.73 bits per heavy atom. The lowest BCUT2D eigenvalue weighted by Gasteiger charge is -2.10. The van der Waals surface area contributed by atoms with Crippen LogP contribution in [-0.4, -0.2) is 19.8 Å². The summed E-state index contributed by atoms with van der Waals surface area (Å²) in [4.78, 5) is 0. The first-order chi connectivity index (χ1) is 7.27. The molecule has 0 atom stereocenters. The van der Waals surface area contributed by atoms with Gasteiger partial charge in [0.25, 0.3) is 0 Å². The van der Waals surface area contributed by atoms with Crippen LogP contribution in [0.2, 0.25) is 5.02 Å². The molecule has 4 heteroatoms. The molecule has 0 unspecified atom stereocenters. The van der Waals surface area contributed by atoms with Crippen molar-refractivity contribution in [1.82, 2.24) is 0 Å². The van der Waals surface area contributed by atoms with Gasteiger partial charge in [0, 0.05) is 17.2 Å². The molecule has 0 fully saturated rings. The first kappa shape index (κ1) is 12.6. The summed E-state index contributed by atoms with van der Waals surface area (Å²) < 4.78 is 10.7. The van der Waals surface area contributed by atoms with E-state index in [1.54, 1.807) is 6.07 Å². The van der Waals surface area contributed by atoms with E-state index in [2.05, 4.69) is 0 Å². The number of halogens is 2. The molecule has 0 amide bonds. The van der Waals surface area contributed by atoms with Gasteiger partial charge in [-0.05, 0) is 25.1 Å². The maximum atomic E-state index is 5.84. The van der Waals surface area contributed by atoms with E-state index in [0.717, 1.165) is 11.3 Å². The van der Waals surface area contributed by atoms with Crippen molar-refractivity contribution < 1.29 is 9.47 Å². The standard InChI is InChI=1S/C11H14Cl2O2/c1-2-14-5-6-15-11-4-3-10(13)7-9(11)8-12/h3-4,7H,2,5-6,8H2,1H3. The third-order valence-corrected chi connectivity index (χ3v) is 2.38. The Hall–Kier alpha value is -0.440. The third-order valence-electron chi connectivity index (χ3n) is 1.86. The van der Waals surface area contributed by atoms with Crippen LogP contribution in [0.25, 0.3) is 0 Å². The van der Waals surface area contributed by atoms with Gasteiger partial charge in [-0.3, -0.25) is 0 Å². The summed E-state index contributed by atoms with van der Waals surface area (Å²) in [6.45, 7) is 3.76. The summed E-state index contributed by atoms with van der Waals surface area (Å²) in [5.41, 5.74) is 0.903. The summed E-state index contributed by atoms with van der Waals surface area (Å²) in [5, 5.41) is 0.669. The lowest BCUT2D eigenvalue weighted by molar-refractivity contribution is 0.110. The topological polar surface area (TPSA) is 18.5 Å². The van der Waals surface area contributed by atoms with Gasteiger partial charge >= 0.3 is 0 Å². The Balaban J connectivity index is 2.52. The van der Waals surface area contributed by atoms with Crippen molar-refractivity contribution in [2.24, 2.45) is 0 Å². The van der Waals surface area contributed by atoms with Gasteiger partial charge in [-0.1, -0.05) is 11.6 Å². The smallest absolute Gasteiger partial charge is 0.123 e. The highest BCUT2D eigenvalue weighted by molar-refractivity contribution is 6.30. The molecule has 0 bridgehead atoms. The second-order valence-corrected chi connectivity index (χ2v) is 3.63. The van der Waals surface area contributed by atoms with Gasteiger partial charge in [-0.25, -0.2) is 0 Å². The van der Waals surface area contributed by atoms with Crippen LogP contribution in [0.4, 0.5) is 0 Å². The molecule has 0 heterocycles. The maximum Gasteiger partial charge on any atom is 0.123 e. The van der Waals surface area contributed by atoms with Crippen LogP contribution in [0.5, 0.6) is 5.75 Å². The quantitative estimate of drug-likeness (QED) is 0.567. The summed E-state index contributed by atoms with van der Waals surface area (Å²) in [6, 6.07) is 5.42. The predicted octanol–water partition coefficient (Wildman–Crippen LogP) is 3.49. The van der Waals surface area contributed by atoms with Gasteiger partial charge in [-0.15, -0.1) is 11.6 Å². The zero-order valence-corrected chi connectivity index (χ0v) is 10.1. The van der Waals surface area contributed by atoms with Crippen molar-refractivity contribution in [1.29, 1.82) is 0 Å². The maximum absolute atomic E-state index is 5.84. The summed E-state index contributed by atoms with van der Waals surface area (Å²) in [6.07, 6.45) is 0. The van der Waals surface area contributed by atoms with Gasteiger partial charge in [0.05, 0.1) is 12.5 Å². The number of hydrogen-bond donors (Lipinski definition) is 0. The number of benzene rings is 1. The van der Waals surface area contributed by atoms with Crippen molar-refractivity contribution in [2.45, 2.75) is 12.8 Å². The van der Waals surface area contributed by atoms with Crippen molar-refractivity contribution in [3.63, 3.8) is 0 Å². The van der Waals surface area contributed by atoms with Gasteiger partial charge in [-0.2, -0.15) is 0 Å². The number of rotatable bonds is 6. The predicted molar refractivity (Wildman–Crippen MR) is 63.0 cm³/mol. The van der Waals surface area contributed by atoms with Crippen LogP contribution < -0.4 is 4.74 Å². The first-order valence-electron chi connectivity index (χ1n) is 4.83. The normalized spacial score (nSPS) is 10.3. The second-order valence-electron chi connectivity index (χ2n) is 2.93. The molecule has 0 aromatic heterocycles. The number of hydrogen-bond acceptors (Lipinski definition) is 2. The Morgan fingerprint density at radius 1 is 1.27 bits per heavy atom. The summed E-state index contributed by atoms with van der Waals surface area (Å²) >= 11 is 11.6.